The van der Waals surface area contributed by atoms with Crippen LogP contribution in [0.1, 0.15) is 43.7 Å². The zero-order valence-corrected chi connectivity index (χ0v) is 15.0. The van der Waals surface area contributed by atoms with Crippen LogP contribution in [-0.2, 0) is 17.8 Å². The number of hydrogen-bond donors (Lipinski definition) is 2. The molecule has 0 aromatic heterocycles. The summed E-state index contributed by atoms with van der Waals surface area (Å²) in [7, 11) is 1.78. The Bertz CT molecular complexity index is 556. The van der Waals surface area contributed by atoms with Crippen LogP contribution in [0.15, 0.2) is 29.3 Å². The van der Waals surface area contributed by atoms with Crippen molar-refractivity contribution < 1.29 is 4.79 Å². The first-order valence-electron chi connectivity index (χ1n) is 9.03. The number of amides is 1. The third-order valence-corrected chi connectivity index (χ3v) is 4.39. The van der Waals surface area contributed by atoms with Gasteiger partial charge >= 0.3 is 0 Å². The molecule has 0 radical (unpaired) electrons. The minimum atomic E-state index is 0.250. The minimum absolute atomic E-state index is 0.250. The molecule has 5 nitrogen and oxygen atoms in total. The number of hydrogen-bond acceptors (Lipinski definition) is 2. The second-order valence-corrected chi connectivity index (χ2v) is 6.22. The van der Waals surface area contributed by atoms with Gasteiger partial charge in [-0.15, -0.1) is 0 Å². The molecule has 0 saturated carbocycles. The van der Waals surface area contributed by atoms with E-state index in [1.54, 1.807) is 7.05 Å². The highest BCUT2D eigenvalue weighted by atomic mass is 16.2. The third kappa shape index (κ3) is 5.55. The van der Waals surface area contributed by atoms with Gasteiger partial charge in [-0.3, -0.25) is 9.79 Å². The van der Waals surface area contributed by atoms with E-state index < -0.39 is 0 Å². The zero-order chi connectivity index (χ0) is 17.2. The predicted molar refractivity (Wildman–Crippen MR) is 99.1 cm³/mol. The molecule has 2 N–H and O–H groups in total. The molecule has 0 atom stereocenters. The van der Waals surface area contributed by atoms with Crippen LogP contribution in [0.4, 0.5) is 0 Å². The molecule has 132 valence electrons. The van der Waals surface area contributed by atoms with Crippen LogP contribution in [0.3, 0.4) is 0 Å². The van der Waals surface area contributed by atoms with E-state index in [0.717, 1.165) is 57.8 Å². The summed E-state index contributed by atoms with van der Waals surface area (Å²) in [5.74, 6) is 1.07. The standard InChI is InChI=1S/C19H30N4O/c1-3-4-12-21-19(20-2)22-13-7-10-18(24)23-14-11-16-8-5-6-9-17(16)15-23/h5-6,8-9H,3-4,7,10-15H2,1-2H3,(H2,20,21,22). The second-order valence-electron chi connectivity index (χ2n) is 6.22. The SMILES string of the molecule is CCCCNC(=NC)NCCCC(=O)N1CCc2ccccc2C1. The minimum Gasteiger partial charge on any atom is -0.356 e. The quantitative estimate of drug-likeness (QED) is 0.458. The van der Waals surface area contributed by atoms with Crippen LogP contribution in [0.2, 0.25) is 0 Å². The summed E-state index contributed by atoms with van der Waals surface area (Å²) in [4.78, 5) is 18.6. The molecule has 5 heteroatoms. The van der Waals surface area contributed by atoms with E-state index in [4.69, 9.17) is 0 Å². The van der Waals surface area contributed by atoms with E-state index in [2.05, 4.69) is 40.7 Å². The van der Waals surface area contributed by atoms with Gasteiger partial charge in [-0.2, -0.15) is 0 Å². The van der Waals surface area contributed by atoms with E-state index in [0.29, 0.717) is 6.42 Å². The van der Waals surface area contributed by atoms with Crippen molar-refractivity contribution in [3.8, 4) is 0 Å². The number of carbonyl (C=O) groups is 1. The molecule has 0 fully saturated rings. The number of rotatable bonds is 7. The first kappa shape index (κ1) is 18.3. The van der Waals surface area contributed by atoms with Gasteiger partial charge in [0, 0.05) is 39.6 Å². The van der Waals surface area contributed by atoms with Crippen molar-refractivity contribution in [3.05, 3.63) is 35.4 Å². The molecule has 1 aliphatic heterocycles. The molecule has 0 aliphatic carbocycles. The highest BCUT2D eigenvalue weighted by molar-refractivity contribution is 5.80. The maximum absolute atomic E-state index is 12.4. The Hall–Kier alpha value is -2.04. The molecular weight excluding hydrogens is 300 g/mol. The van der Waals surface area contributed by atoms with Gasteiger partial charge in [-0.25, -0.2) is 0 Å². The van der Waals surface area contributed by atoms with Crippen molar-refractivity contribution in [1.29, 1.82) is 0 Å². The number of nitrogens with one attached hydrogen (secondary N) is 2. The van der Waals surface area contributed by atoms with E-state index in [1.807, 2.05) is 11.0 Å². The Balaban J connectivity index is 1.67. The van der Waals surface area contributed by atoms with Crippen molar-refractivity contribution in [1.82, 2.24) is 15.5 Å². The number of benzene rings is 1. The maximum atomic E-state index is 12.4. The van der Waals surface area contributed by atoms with E-state index >= 15 is 0 Å². The lowest BCUT2D eigenvalue weighted by Gasteiger charge is -2.29. The first-order valence-corrected chi connectivity index (χ1v) is 9.03. The topological polar surface area (TPSA) is 56.7 Å². The molecule has 1 heterocycles. The van der Waals surface area contributed by atoms with Gasteiger partial charge < -0.3 is 15.5 Å². The molecule has 2 rings (SSSR count). The Morgan fingerprint density at radius 2 is 1.88 bits per heavy atom. The highest BCUT2D eigenvalue weighted by Gasteiger charge is 2.19. The Labute approximate surface area is 145 Å². The lowest BCUT2D eigenvalue weighted by Crippen LogP contribution is -2.39. The molecule has 0 unspecified atom stereocenters. The molecule has 1 aromatic rings. The fourth-order valence-electron chi connectivity index (χ4n) is 2.92. The fourth-order valence-corrected chi connectivity index (χ4v) is 2.92. The van der Waals surface area contributed by atoms with Gasteiger partial charge in [0.05, 0.1) is 0 Å². The van der Waals surface area contributed by atoms with Gasteiger partial charge in [0.2, 0.25) is 5.91 Å². The molecule has 24 heavy (non-hydrogen) atoms. The third-order valence-electron chi connectivity index (χ3n) is 4.39. The summed E-state index contributed by atoms with van der Waals surface area (Å²) >= 11 is 0. The Morgan fingerprint density at radius 1 is 1.17 bits per heavy atom. The number of guanidine groups is 1. The summed E-state index contributed by atoms with van der Waals surface area (Å²) in [6, 6.07) is 8.41. The number of unbranched alkanes of at least 4 members (excludes halogenated alkanes) is 1. The maximum Gasteiger partial charge on any atom is 0.222 e. The van der Waals surface area contributed by atoms with Gasteiger partial charge in [-0.05, 0) is 30.4 Å². The monoisotopic (exact) mass is 330 g/mol. The molecule has 0 spiro atoms. The second kappa shape index (κ2) is 9.96. The summed E-state index contributed by atoms with van der Waals surface area (Å²) < 4.78 is 0. The summed E-state index contributed by atoms with van der Waals surface area (Å²) in [5.41, 5.74) is 2.67. The molecular formula is C19H30N4O. The van der Waals surface area contributed by atoms with Gasteiger partial charge in [0.1, 0.15) is 0 Å². The molecule has 0 bridgehead atoms. The van der Waals surface area contributed by atoms with E-state index in [1.165, 1.54) is 11.1 Å². The van der Waals surface area contributed by atoms with Crippen LogP contribution in [0.25, 0.3) is 0 Å². The van der Waals surface area contributed by atoms with E-state index in [9.17, 15) is 4.79 Å². The van der Waals surface area contributed by atoms with Gasteiger partial charge in [-0.1, -0.05) is 37.6 Å². The Morgan fingerprint density at radius 3 is 2.58 bits per heavy atom. The molecule has 1 aliphatic rings. The van der Waals surface area contributed by atoms with Crippen LogP contribution in [-0.4, -0.2) is 43.4 Å². The van der Waals surface area contributed by atoms with Crippen molar-refractivity contribution in [2.45, 2.75) is 45.6 Å². The lowest BCUT2D eigenvalue weighted by atomic mass is 9.99. The average molecular weight is 330 g/mol. The Kier molecular flexibility index (Phi) is 7.59. The first-order chi connectivity index (χ1) is 11.7. The fraction of sp³-hybridized carbons (Fsp3) is 0.579. The van der Waals surface area contributed by atoms with Crippen LogP contribution >= 0.6 is 0 Å². The highest BCUT2D eigenvalue weighted by Crippen LogP contribution is 2.19. The van der Waals surface area contributed by atoms with Crippen LogP contribution < -0.4 is 10.6 Å². The number of nitrogens with zero attached hydrogens (tertiary/aromatic N) is 2. The smallest absolute Gasteiger partial charge is 0.222 e. The molecule has 1 amide bonds. The van der Waals surface area contributed by atoms with Crippen molar-refractivity contribution in [2.75, 3.05) is 26.7 Å². The van der Waals surface area contributed by atoms with Gasteiger partial charge in [0.25, 0.3) is 0 Å². The van der Waals surface area contributed by atoms with Gasteiger partial charge in [0.15, 0.2) is 5.96 Å². The average Bonchev–Trinajstić information content (AvgIpc) is 2.63. The normalized spacial score (nSPS) is 14.2. The number of carbonyl (C=O) groups excluding carboxylic acids is 1. The lowest BCUT2D eigenvalue weighted by molar-refractivity contribution is -0.132. The number of aliphatic imine (C=N–C) groups is 1. The summed E-state index contributed by atoms with van der Waals surface area (Å²) in [6.07, 6.45) is 4.67. The predicted octanol–water partition coefficient (Wildman–Crippen LogP) is 2.32. The molecule has 0 saturated heterocycles. The van der Waals surface area contributed by atoms with Crippen LogP contribution in [0, 0.1) is 0 Å². The number of fused-ring (bicyclic) bond motifs is 1. The zero-order valence-electron chi connectivity index (χ0n) is 15.0. The van der Waals surface area contributed by atoms with Crippen molar-refractivity contribution >= 4 is 11.9 Å². The van der Waals surface area contributed by atoms with E-state index in [-0.39, 0.29) is 5.91 Å². The summed E-state index contributed by atoms with van der Waals surface area (Å²) in [5, 5.41) is 6.55. The van der Waals surface area contributed by atoms with Crippen molar-refractivity contribution in [3.63, 3.8) is 0 Å². The van der Waals surface area contributed by atoms with Crippen LogP contribution in [0.5, 0.6) is 0 Å². The molecule has 1 aromatic carbocycles. The summed E-state index contributed by atoms with van der Waals surface area (Å²) in [6.45, 7) is 5.46. The largest absolute Gasteiger partial charge is 0.356 e. The van der Waals surface area contributed by atoms with Crippen molar-refractivity contribution in [2.24, 2.45) is 4.99 Å².